The quantitative estimate of drug-likeness (QED) is 0.805. The molecule has 1 N–H and O–H groups in total. The molecule has 0 saturated carbocycles. The molecule has 0 aliphatic carbocycles. The van der Waals surface area contributed by atoms with Crippen LogP contribution in [0.4, 0.5) is 0 Å². The molecule has 0 spiro atoms. The van der Waals surface area contributed by atoms with Gasteiger partial charge < -0.3 is 5.32 Å². The van der Waals surface area contributed by atoms with Crippen molar-refractivity contribution in [1.82, 2.24) is 14.5 Å². The van der Waals surface area contributed by atoms with E-state index in [1.807, 2.05) is 6.92 Å². The van der Waals surface area contributed by atoms with Gasteiger partial charge in [-0.15, -0.1) is 0 Å². The van der Waals surface area contributed by atoms with Crippen LogP contribution < -0.4 is 16.6 Å². The highest BCUT2D eigenvalue weighted by atomic mass is 16.2. The second kappa shape index (κ2) is 8.32. The van der Waals surface area contributed by atoms with Crippen molar-refractivity contribution in [3.05, 3.63) is 32.6 Å². The minimum atomic E-state index is -0.729. The van der Waals surface area contributed by atoms with Gasteiger partial charge in [-0.3, -0.25) is 14.2 Å². The Hall–Kier alpha value is -2.36. The molecule has 0 bridgehead atoms. The number of hydrogen-bond acceptors (Lipinski definition) is 4. The van der Waals surface area contributed by atoms with Crippen molar-refractivity contribution in [3.63, 3.8) is 0 Å². The van der Waals surface area contributed by atoms with E-state index in [2.05, 4.69) is 19.2 Å². The van der Waals surface area contributed by atoms with Crippen LogP contribution in [0, 0.1) is 17.2 Å². The average molecular weight is 320 g/mol. The summed E-state index contributed by atoms with van der Waals surface area (Å²) in [5, 5.41) is 11.8. The summed E-state index contributed by atoms with van der Waals surface area (Å²) >= 11 is 0. The number of rotatable bonds is 7. The minimum Gasteiger partial charge on any atom is -0.352 e. The van der Waals surface area contributed by atoms with Gasteiger partial charge in [-0.25, -0.2) is 9.36 Å². The van der Waals surface area contributed by atoms with Crippen LogP contribution in [0.3, 0.4) is 0 Å². The number of carbonyl (C=O) groups excluding carboxylic acids is 1. The van der Waals surface area contributed by atoms with Gasteiger partial charge in [0.25, 0.3) is 5.56 Å². The van der Waals surface area contributed by atoms with Gasteiger partial charge in [0.2, 0.25) is 5.91 Å². The molecule has 0 aromatic carbocycles. The predicted molar refractivity (Wildman–Crippen MR) is 87.0 cm³/mol. The first-order valence-electron chi connectivity index (χ1n) is 7.83. The van der Waals surface area contributed by atoms with Crippen molar-refractivity contribution in [3.8, 4) is 6.07 Å². The standard InChI is InChI=1S/C16H24N4O3/c1-5-19-9-13(8-17)15(22)20(16(19)23)10-14(21)18-12(4)7-6-11(2)3/h9,11-12H,5-7,10H2,1-4H3,(H,18,21). The van der Waals surface area contributed by atoms with Crippen LogP contribution in [-0.2, 0) is 17.9 Å². The lowest BCUT2D eigenvalue weighted by Gasteiger charge is -2.16. The highest BCUT2D eigenvalue weighted by Gasteiger charge is 2.15. The van der Waals surface area contributed by atoms with Gasteiger partial charge in [0.15, 0.2) is 0 Å². The monoisotopic (exact) mass is 320 g/mol. The van der Waals surface area contributed by atoms with Crippen LogP contribution in [0.15, 0.2) is 15.8 Å². The second-order valence-electron chi connectivity index (χ2n) is 6.05. The van der Waals surface area contributed by atoms with Gasteiger partial charge in [-0.1, -0.05) is 13.8 Å². The van der Waals surface area contributed by atoms with E-state index in [-0.39, 0.29) is 18.2 Å². The number of nitrogens with zero attached hydrogens (tertiary/aromatic N) is 3. The Kier molecular flexibility index (Phi) is 6.76. The summed E-state index contributed by atoms with van der Waals surface area (Å²) in [5.41, 5.74) is -1.46. The maximum atomic E-state index is 12.2. The van der Waals surface area contributed by atoms with Crippen molar-refractivity contribution >= 4 is 5.91 Å². The van der Waals surface area contributed by atoms with Gasteiger partial charge in [0.1, 0.15) is 18.2 Å². The molecule has 1 heterocycles. The molecule has 0 aliphatic heterocycles. The van der Waals surface area contributed by atoms with E-state index < -0.39 is 17.2 Å². The van der Waals surface area contributed by atoms with Crippen LogP contribution in [0.2, 0.25) is 0 Å². The molecule has 126 valence electrons. The molecule has 1 atom stereocenters. The first-order chi connectivity index (χ1) is 10.8. The number of aromatic nitrogens is 2. The van der Waals surface area contributed by atoms with Crippen LogP contribution in [0.1, 0.15) is 46.1 Å². The molecule has 0 saturated heterocycles. The Morgan fingerprint density at radius 2 is 1.96 bits per heavy atom. The van der Waals surface area contributed by atoms with Crippen LogP contribution in [0.25, 0.3) is 0 Å². The smallest absolute Gasteiger partial charge is 0.331 e. The van der Waals surface area contributed by atoms with Gasteiger partial charge in [-0.05, 0) is 32.6 Å². The maximum Gasteiger partial charge on any atom is 0.331 e. The molecule has 0 fully saturated rings. The van der Waals surface area contributed by atoms with Crippen LogP contribution in [-0.4, -0.2) is 21.1 Å². The largest absolute Gasteiger partial charge is 0.352 e. The van der Waals surface area contributed by atoms with E-state index in [0.29, 0.717) is 12.5 Å². The normalized spacial score (nSPS) is 12.0. The second-order valence-corrected chi connectivity index (χ2v) is 6.05. The van der Waals surface area contributed by atoms with Gasteiger partial charge in [-0.2, -0.15) is 5.26 Å². The molecule has 7 heteroatoms. The zero-order valence-corrected chi connectivity index (χ0v) is 14.1. The van der Waals surface area contributed by atoms with Gasteiger partial charge in [0, 0.05) is 18.8 Å². The summed E-state index contributed by atoms with van der Waals surface area (Å²) < 4.78 is 2.06. The molecular weight excluding hydrogens is 296 g/mol. The predicted octanol–water partition coefficient (Wildman–Crippen LogP) is 0.842. The Morgan fingerprint density at radius 3 is 2.48 bits per heavy atom. The molecule has 7 nitrogen and oxygen atoms in total. The van der Waals surface area contributed by atoms with Crippen molar-refractivity contribution < 1.29 is 4.79 Å². The van der Waals surface area contributed by atoms with E-state index >= 15 is 0 Å². The molecule has 0 radical (unpaired) electrons. The number of carbonyl (C=O) groups is 1. The Balaban J connectivity index is 2.92. The lowest BCUT2D eigenvalue weighted by Crippen LogP contribution is -2.45. The summed E-state index contributed by atoms with van der Waals surface area (Å²) in [6.45, 7) is 7.77. The third kappa shape index (κ3) is 5.09. The molecular formula is C16H24N4O3. The Morgan fingerprint density at radius 1 is 1.30 bits per heavy atom. The first kappa shape index (κ1) is 18.7. The molecule has 0 aliphatic rings. The molecule has 1 unspecified atom stereocenters. The number of hydrogen-bond donors (Lipinski definition) is 1. The topological polar surface area (TPSA) is 96.9 Å². The number of nitrogens with one attached hydrogen (secondary N) is 1. The SMILES string of the molecule is CCn1cc(C#N)c(=O)n(CC(=O)NC(C)CCC(C)C)c1=O. The third-order valence-electron chi connectivity index (χ3n) is 3.58. The number of nitriles is 1. The van der Waals surface area contributed by atoms with Crippen molar-refractivity contribution in [1.29, 1.82) is 5.26 Å². The lowest BCUT2D eigenvalue weighted by atomic mass is 10.0. The Labute approximate surface area is 135 Å². The zero-order valence-electron chi connectivity index (χ0n) is 14.1. The third-order valence-corrected chi connectivity index (χ3v) is 3.58. The Bertz CT molecular complexity index is 710. The number of aryl methyl sites for hydroxylation is 1. The maximum absolute atomic E-state index is 12.2. The molecule has 1 amide bonds. The molecule has 1 aromatic heterocycles. The minimum absolute atomic E-state index is 0.0341. The van der Waals surface area contributed by atoms with Crippen LogP contribution in [0.5, 0.6) is 0 Å². The fourth-order valence-corrected chi connectivity index (χ4v) is 2.22. The molecule has 1 aromatic rings. The van der Waals surface area contributed by atoms with Gasteiger partial charge >= 0.3 is 5.69 Å². The summed E-state index contributed by atoms with van der Waals surface area (Å²) in [5.74, 6) is 0.138. The molecule has 1 rings (SSSR count). The van der Waals surface area contributed by atoms with Crippen LogP contribution >= 0.6 is 0 Å². The van der Waals surface area contributed by atoms with E-state index in [9.17, 15) is 14.4 Å². The highest BCUT2D eigenvalue weighted by Crippen LogP contribution is 2.06. The van der Waals surface area contributed by atoms with E-state index in [4.69, 9.17) is 5.26 Å². The molecule has 23 heavy (non-hydrogen) atoms. The summed E-state index contributed by atoms with van der Waals surface area (Å²) in [6.07, 6.45) is 3.04. The van der Waals surface area contributed by atoms with Crippen molar-refractivity contribution in [2.24, 2.45) is 5.92 Å². The van der Waals surface area contributed by atoms with Crippen molar-refractivity contribution in [2.45, 2.75) is 59.7 Å². The number of amides is 1. The summed E-state index contributed by atoms with van der Waals surface area (Å²) in [4.78, 5) is 36.3. The average Bonchev–Trinajstić information content (AvgIpc) is 2.49. The fourth-order valence-electron chi connectivity index (χ4n) is 2.22. The van der Waals surface area contributed by atoms with E-state index in [0.717, 1.165) is 17.4 Å². The lowest BCUT2D eigenvalue weighted by molar-refractivity contribution is -0.122. The van der Waals surface area contributed by atoms with Crippen molar-refractivity contribution in [2.75, 3.05) is 0 Å². The summed E-state index contributed by atoms with van der Waals surface area (Å²) in [7, 11) is 0. The van der Waals surface area contributed by atoms with E-state index in [1.165, 1.54) is 10.8 Å². The fraction of sp³-hybridized carbons (Fsp3) is 0.625. The van der Waals surface area contributed by atoms with E-state index in [1.54, 1.807) is 13.0 Å². The highest BCUT2D eigenvalue weighted by molar-refractivity contribution is 5.76. The first-order valence-corrected chi connectivity index (χ1v) is 7.83. The summed E-state index contributed by atoms with van der Waals surface area (Å²) in [6, 6.07) is 1.73. The zero-order chi connectivity index (χ0) is 17.6. The van der Waals surface area contributed by atoms with Gasteiger partial charge in [0.05, 0.1) is 0 Å².